The van der Waals surface area contributed by atoms with Crippen LogP contribution in [0.4, 0.5) is 5.69 Å². The van der Waals surface area contributed by atoms with Crippen molar-refractivity contribution in [2.45, 2.75) is 13.5 Å². The van der Waals surface area contributed by atoms with Gasteiger partial charge in [0.05, 0.1) is 16.7 Å². The molecule has 0 aliphatic rings. The Morgan fingerprint density at radius 2 is 1.91 bits per heavy atom. The first-order valence-electron chi connectivity index (χ1n) is 6.82. The molecule has 0 aliphatic heterocycles. The minimum atomic E-state index is 0.163. The lowest BCUT2D eigenvalue weighted by atomic mass is 10.2. The largest absolute Gasteiger partial charge is 0.505 e. The van der Waals surface area contributed by atoms with Gasteiger partial charge in [-0.05, 0) is 58.7 Å². The molecule has 0 bridgehead atoms. The minimum Gasteiger partial charge on any atom is -0.505 e. The van der Waals surface area contributed by atoms with Crippen LogP contribution in [0.15, 0.2) is 51.4 Å². The number of phenols is 1. The number of nitrogens with zero attached hydrogens (tertiary/aromatic N) is 1. The second-order valence-corrected chi connectivity index (χ2v) is 6.82. The van der Waals surface area contributed by atoms with E-state index in [1.54, 1.807) is 0 Å². The quantitative estimate of drug-likeness (QED) is 0.596. The zero-order valence-corrected chi connectivity index (χ0v) is 15.1. The summed E-state index contributed by atoms with van der Waals surface area (Å²) in [5, 5.41) is 14.4. The van der Waals surface area contributed by atoms with E-state index in [2.05, 4.69) is 61.2 Å². The molecular formula is C17H14Br2N2O. The zero-order valence-electron chi connectivity index (χ0n) is 11.9. The highest BCUT2D eigenvalue weighted by Gasteiger charge is 2.10. The molecule has 3 aromatic rings. The number of fused-ring (bicyclic) bond motifs is 1. The maximum Gasteiger partial charge on any atom is 0.156 e. The number of hydrogen-bond acceptors (Lipinski definition) is 3. The molecule has 2 N–H and O–H groups in total. The summed E-state index contributed by atoms with van der Waals surface area (Å²) in [6.45, 7) is 2.66. The SMILES string of the molecule is Cc1cccc(NCc2ccc3c(Br)cc(Br)c(O)c3n2)c1. The van der Waals surface area contributed by atoms with Crippen molar-refractivity contribution in [3.63, 3.8) is 0 Å². The van der Waals surface area contributed by atoms with Gasteiger partial charge < -0.3 is 10.4 Å². The van der Waals surface area contributed by atoms with Crippen LogP contribution in [0, 0.1) is 6.92 Å². The fourth-order valence-corrected chi connectivity index (χ4v) is 3.56. The highest BCUT2D eigenvalue weighted by atomic mass is 79.9. The maximum absolute atomic E-state index is 10.2. The summed E-state index contributed by atoms with van der Waals surface area (Å²) in [6.07, 6.45) is 0. The molecule has 112 valence electrons. The third-order valence-electron chi connectivity index (χ3n) is 3.41. The fraction of sp³-hybridized carbons (Fsp3) is 0.118. The number of aromatic hydroxyl groups is 1. The van der Waals surface area contributed by atoms with Gasteiger partial charge in [0.15, 0.2) is 5.75 Å². The molecule has 0 spiro atoms. The van der Waals surface area contributed by atoms with E-state index in [1.807, 2.05) is 30.3 Å². The number of aryl methyl sites for hydroxylation is 1. The summed E-state index contributed by atoms with van der Waals surface area (Å²) in [5.41, 5.74) is 3.72. The van der Waals surface area contributed by atoms with Crippen molar-refractivity contribution in [1.82, 2.24) is 4.98 Å². The standard InChI is InChI=1S/C17H14Br2N2O/c1-10-3-2-4-11(7-10)20-9-12-5-6-13-14(18)8-15(19)17(22)16(13)21-12/h2-8,20,22H,9H2,1H3. The predicted molar refractivity (Wildman–Crippen MR) is 97.3 cm³/mol. The summed E-state index contributed by atoms with van der Waals surface area (Å²) in [5.74, 6) is 0.163. The number of hydrogen-bond donors (Lipinski definition) is 2. The minimum absolute atomic E-state index is 0.163. The lowest BCUT2D eigenvalue weighted by Crippen LogP contribution is -2.02. The van der Waals surface area contributed by atoms with Crippen LogP contribution in [0.25, 0.3) is 10.9 Å². The Bertz CT molecular complexity index is 849. The number of halogens is 2. The molecule has 22 heavy (non-hydrogen) atoms. The van der Waals surface area contributed by atoms with E-state index >= 15 is 0 Å². The van der Waals surface area contributed by atoms with Crippen molar-refractivity contribution in [1.29, 1.82) is 0 Å². The van der Waals surface area contributed by atoms with Gasteiger partial charge in [0.25, 0.3) is 0 Å². The van der Waals surface area contributed by atoms with Gasteiger partial charge in [0.2, 0.25) is 0 Å². The van der Waals surface area contributed by atoms with Crippen LogP contribution in [0.3, 0.4) is 0 Å². The predicted octanol–water partition coefficient (Wildman–Crippen LogP) is 5.39. The molecule has 2 aromatic carbocycles. The molecule has 0 radical (unpaired) electrons. The molecule has 0 unspecified atom stereocenters. The molecule has 0 saturated heterocycles. The van der Waals surface area contributed by atoms with Crippen LogP contribution < -0.4 is 5.32 Å². The van der Waals surface area contributed by atoms with Crippen molar-refractivity contribution in [2.75, 3.05) is 5.32 Å². The number of rotatable bonds is 3. The maximum atomic E-state index is 10.2. The van der Waals surface area contributed by atoms with Gasteiger partial charge in [-0.25, -0.2) is 4.98 Å². The van der Waals surface area contributed by atoms with Gasteiger partial charge in [-0.1, -0.05) is 28.1 Å². The monoisotopic (exact) mass is 420 g/mol. The average molecular weight is 422 g/mol. The summed E-state index contributed by atoms with van der Waals surface area (Å²) in [6, 6.07) is 13.9. The lowest BCUT2D eigenvalue weighted by molar-refractivity contribution is 0.477. The molecule has 0 aliphatic carbocycles. The normalized spacial score (nSPS) is 10.9. The molecule has 0 amide bonds. The highest BCUT2D eigenvalue weighted by Crippen LogP contribution is 2.36. The Kier molecular flexibility index (Phi) is 4.36. The Labute approximate surface area is 145 Å². The van der Waals surface area contributed by atoms with Gasteiger partial charge in [0, 0.05) is 15.5 Å². The number of benzene rings is 2. The first-order chi connectivity index (χ1) is 10.5. The second-order valence-electron chi connectivity index (χ2n) is 5.11. The van der Waals surface area contributed by atoms with E-state index < -0.39 is 0 Å². The van der Waals surface area contributed by atoms with Crippen LogP contribution >= 0.6 is 31.9 Å². The average Bonchev–Trinajstić information content (AvgIpc) is 2.50. The van der Waals surface area contributed by atoms with Gasteiger partial charge in [-0.3, -0.25) is 0 Å². The topological polar surface area (TPSA) is 45.1 Å². The molecule has 1 heterocycles. The molecular weight excluding hydrogens is 408 g/mol. The Morgan fingerprint density at radius 1 is 1.09 bits per heavy atom. The highest BCUT2D eigenvalue weighted by molar-refractivity contribution is 9.11. The van der Waals surface area contributed by atoms with Crippen molar-refractivity contribution >= 4 is 48.5 Å². The smallest absolute Gasteiger partial charge is 0.156 e. The fourth-order valence-electron chi connectivity index (χ4n) is 2.29. The molecule has 0 atom stereocenters. The number of pyridine rings is 1. The molecule has 0 fully saturated rings. The Balaban J connectivity index is 1.90. The first-order valence-corrected chi connectivity index (χ1v) is 8.40. The first kappa shape index (κ1) is 15.3. The summed E-state index contributed by atoms with van der Waals surface area (Å²) in [7, 11) is 0. The van der Waals surface area contributed by atoms with E-state index in [0.717, 1.165) is 21.2 Å². The number of anilines is 1. The summed E-state index contributed by atoms with van der Waals surface area (Å²) >= 11 is 6.83. The van der Waals surface area contributed by atoms with Gasteiger partial charge in [-0.2, -0.15) is 0 Å². The Hall–Kier alpha value is -1.59. The van der Waals surface area contributed by atoms with Crippen LogP contribution in [0.5, 0.6) is 5.75 Å². The molecule has 3 rings (SSSR count). The van der Waals surface area contributed by atoms with Gasteiger partial charge >= 0.3 is 0 Å². The number of aromatic nitrogens is 1. The van der Waals surface area contributed by atoms with Crippen LogP contribution in [-0.4, -0.2) is 10.1 Å². The summed E-state index contributed by atoms with van der Waals surface area (Å²) in [4.78, 5) is 4.56. The van der Waals surface area contributed by atoms with Crippen LogP contribution in [-0.2, 0) is 6.54 Å². The van der Waals surface area contributed by atoms with E-state index in [-0.39, 0.29) is 5.75 Å². The van der Waals surface area contributed by atoms with Crippen molar-refractivity contribution in [3.05, 3.63) is 62.7 Å². The van der Waals surface area contributed by atoms with Crippen molar-refractivity contribution in [2.24, 2.45) is 0 Å². The zero-order chi connectivity index (χ0) is 15.7. The van der Waals surface area contributed by atoms with Crippen LogP contribution in [0.2, 0.25) is 0 Å². The van der Waals surface area contributed by atoms with Crippen molar-refractivity contribution < 1.29 is 5.11 Å². The van der Waals surface area contributed by atoms with E-state index in [0.29, 0.717) is 16.5 Å². The summed E-state index contributed by atoms with van der Waals surface area (Å²) < 4.78 is 1.53. The molecule has 1 aromatic heterocycles. The van der Waals surface area contributed by atoms with Crippen molar-refractivity contribution in [3.8, 4) is 5.75 Å². The van der Waals surface area contributed by atoms with Gasteiger partial charge in [0.1, 0.15) is 5.52 Å². The van der Waals surface area contributed by atoms with E-state index in [4.69, 9.17) is 0 Å². The molecule has 5 heteroatoms. The number of phenolic OH excluding ortho intramolecular Hbond substituents is 1. The third-order valence-corrected chi connectivity index (χ3v) is 4.67. The lowest BCUT2D eigenvalue weighted by Gasteiger charge is -2.10. The molecule has 0 saturated carbocycles. The Morgan fingerprint density at radius 3 is 2.68 bits per heavy atom. The second kappa shape index (κ2) is 6.26. The third kappa shape index (κ3) is 3.10. The van der Waals surface area contributed by atoms with Crippen LogP contribution in [0.1, 0.15) is 11.3 Å². The van der Waals surface area contributed by atoms with Gasteiger partial charge in [-0.15, -0.1) is 0 Å². The number of nitrogens with one attached hydrogen (secondary N) is 1. The van der Waals surface area contributed by atoms with E-state index in [9.17, 15) is 5.11 Å². The van der Waals surface area contributed by atoms with E-state index in [1.165, 1.54) is 5.56 Å². The molecule has 3 nitrogen and oxygen atoms in total.